The lowest BCUT2D eigenvalue weighted by atomic mass is 10.0. The number of hydrogen-bond acceptors (Lipinski definition) is 3. The van der Waals surface area contributed by atoms with Crippen molar-refractivity contribution in [2.24, 2.45) is 0 Å². The van der Waals surface area contributed by atoms with Gasteiger partial charge in [-0.05, 0) is 30.3 Å². The van der Waals surface area contributed by atoms with Crippen LogP contribution in [0.25, 0.3) is 16.6 Å². The van der Waals surface area contributed by atoms with Gasteiger partial charge in [0.15, 0.2) is 0 Å². The molecule has 1 aromatic heterocycles. The Hall–Kier alpha value is -3.29. The molecule has 1 fully saturated rings. The molecule has 3 aromatic rings. The van der Waals surface area contributed by atoms with Crippen LogP contribution in [0, 0.1) is 0 Å². The highest BCUT2D eigenvalue weighted by atomic mass is 19.4. The van der Waals surface area contributed by atoms with Crippen molar-refractivity contribution in [2.45, 2.75) is 18.5 Å². The van der Waals surface area contributed by atoms with E-state index >= 15 is 0 Å². The zero-order chi connectivity index (χ0) is 20.2. The van der Waals surface area contributed by atoms with Crippen LogP contribution in [-0.2, 0) is 15.8 Å². The predicted octanol–water partition coefficient (Wildman–Crippen LogP) is 3.70. The van der Waals surface area contributed by atoms with E-state index < -0.39 is 17.7 Å². The highest BCUT2D eigenvalue weighted by Crippen LogP contribution is 2.38. The summed E-state index contributed by atoms with van der Waals surface area (Å²) in [5, 5.41) is 0.529. The third-order valence-corrected chi connectivity index (χ3v) is 5.08. The molecule has 1 unspecified atom stereocenters. The van der Waals surface area contributed by atoms with Crippen molar-refractivity contribution in [3.63, 3.8) is 0 Å². The molecule has 2 heterocycles. The summed E-state index contributed by atoms with van der Waals surface area (Å²) in [6.45, 7) is 0. The predicted molar refractivity (Wildman–Crippen MR) is 97.8 cm³/mol. The highest BCUT2D eigenvalue weighted by Gasteiger charge is 2.39. The van der Waals surface area contributed by atoms with Crippen molar-refractivity contribution in [2.75, 3.05) is 12.8 Å². The first kappa shape index (κ1) is 18.1. The molecular weight excluding hydrogens is 371 g/mol. The number of carbonyl (C=O) groups is 2. The lowest BCUT2D eigenvalue weighted by molar-refractivity contribution is -0.138. The van der Waals surface area contributed by atoms with Crippen molar-refractivity contribution < 1.29 is 22.8 Å². The number of benzene rings is 2. The van der Waals surface area contributed by atoms with E-state index in [0.29, 0.717) is 22.5 Å². The highest BCUT2D eigenvalue weighted by molar-refractivity contribution is 6.06. The van der Waals surface area contributed by atoms with Gasteiger partial charge in [0.05, 0.1) is 28.4 Å². The SMILES string of the molecule is CN1C(=O)CC(c2cc3ccc(C(F)(F)F)cc3n2-c2ccccc2N)C1=O. The van der Waals surface area contributed by atoms with Crippen molar-refractivity contribution in [1.29, 1.82) is 0 Å². The number of fused-ring (bicyclic) bond motifs is 1. The average molecular weight is 387 g/mol. The number of hydrogen-bond donors (Lipinski definition) is 1. The summed E-state index contributed by atoms with van der Waals surface area (Å²) < 4.78 is 41.3. The topological polar surface area (TPSA) is 68.3 Å². The van der Waals surface area contributed by atoms with Gasteiger partial charge >= 0.3 is 6.18 Å². The van der Waals surface area contributed by atoms with Crippen LogP contribution in [-0.4, -0.2) is 28.3 Å². The summed E-state index contributed by atoms with van der Waals surface area (Å²) in [7, 11) is 1.40. The van der Waals surface area contributed by atoms with Crippen molar-refractivity contribution in [1.82, 2.24) is 9.47 Å². The molecule has 2 aromatic carbocycles. The van der Waals surface area contributed by atoms with E-state index in [4.69, 9.17) is 5.73 Å². The summed E-state index contributed by atoms with van der Waals surface area (Å²) >= 11 is 0. The van der Waals surface area contributed by atoms with Gasteiger partial charge in [-0.3, -0.25) is 14.5 Å². The normalized spacial score (nSPS) is 17.7. The first-order valence-corrected chi connectivity index (χ1v) is 8.56. The lowest BCUT2D eigenvalue weighted by Crippen LogP contribution is -2.25. The van der Waals surface area contributed by atoms with E-state index in [0.717, 1.165) is 17.0 Å². The molecule has 0 radical (unpaired) electrons. The van der Waals surface area contributed by atoms with Crippen molar-refractivity contribution >= 4 is 28.4 Å². The third-order valence-electron chi connectivity index (χ3n) is 5.08. The zero-order valence-corrected chi connectivity index (χ0v) is 14.8. The van der Waals surface area contributed by atoms with E-state index in [2.05, 4.69) is 0 Å². The van der Waals surface area contributed by atoms with E-state index in [9.17, 15) is 22.8 Å². The fourth-order valence-electron chi connectivity index (χ4n) is 3.60. The number of imide groups is 1. The van der Waals surface area contributed by atoms with Gasteiger partial charge in [-0.15, -0.1) is 0 Å². The number of nitrogens with two attached hydrogens (primary N) is 1. The summed E-state index contributed by atoms with van der Waals surface area (Å²) in [5.41, 5.74) is 6.80. The summed E-state index contributed by atoms with van der Waals surface area (Å²) in [6, 6.07) is 11.8. The molecule has 0 bridgehead atoms. The van der Waals surface area contributed by atoms with Gasteiger partial charge in [0.2, 0.25) is 11.8 Å². The molecule has 2 amide bonds. The average Bonchev–Trinajstić information content (AvgIpc) is 3.13. The Bertz CT molecular complexity index is 1120. The maximum Gasteiger partial charge on any atom is 0.416 e. The molecule has 0 spiro atoms. The van der Waals surface area contributed by atoms with Crippen LogP contribution in [0.15, 0.2) is 48.5 Å². The van der Waals surface area contributed by atoms with Crippen LogP contribution in [0.1, 0.15) is 23.6 Å². The third kappa shape index (κ3) is 2.72. The Labute approximate surface area is 158 Å². The number of nitrogens with zero attached hydrogens (tertiary/aromatic N) is 2. The molecule has 0 aliphatic carbocycles. The molecule has 1 aliphatic heterocycles. The minimum atomic E-state index is -4.51. The maximum atomic E-state index is 13.3. The molecule has 2 N–H and O–H groups in total. The maximum absolute atomic E-state index is 13.3. The molecular formula is C20H16F3N3O2. The standard InChI is InChI=1S/C20H16F3N3O2/c1-25-18(27)10-13(19(25)28)17-8-11-6-7-12(20(21,22)23)9-16(11)26(17)15-5-3-2-4-14(15)24/h2-9,13H,10,24H2,1H3. The molecule has 28 heavy (non-hydrogen) atoms. The number of anilines is 1. The summed E-state index contributed by atoms with van der Waals surface area (Å²) in [4.78, 5) is 25.6. The van der Waals surface area contributed by atoms with E-state index in [1.54, 1.807) is 34.9 Å². The second kappa shape index (κ2) is 6.12. The summed E-state index contributed by atoms with van der Waals surface area (Å²) in [5.74, 6) is -1.50. The van der Waals surface area contributed by atoms with Gasteiger partial charge in [-0.2, -0.15) is 13.2 Å². The Morgan fingerprint density at radius 1 is 1.07 bits per heavy atom. The van der Waals surface area contributed by atoms with Crippen LogP contribution < -0.4 is 5.73 Å². The van der Waals surface area contributed by atoms with Gasteiger partial charge in [0.1, 0.15) is 0 Å². The molecule has 1 atom stereocenters. The van der Waals surface area contributed by atoms with E-state index in [1.807, 2.05) is 0 Å². The van der Waals surface area contributed by atoms with Gasteiger partial charge in [-0.1, -0.05) is 18.2 Å². The number of likely N-dealkylation sites (N-methyl/N-ethyl adjacent to an activating group) is 1. The number of halogens is 3. The molecule has 8 heteroatoms. The van der Waals surface area contributed by atoms with Crippen LogP contribution in [0.4, 0.5) is 18.9 Å². The number of para-hydroxylation sites is 2. The number of rotatable bonds is 2. The second-order valence-electron chi connectivity index (χ2n) is 6.78. The van der Waals surface area contributed by atoms with Crippen molar-refractivity contribution in [3.8, 4) is 5.69 Å². The Kier molecular flexibility index (Phi) is 3.95. The Morgan fingerprint density at radius 3 is 2.39 bits per heavy atom. The summed E-state index contributed by atoms with van der Waals surface area (Å²) in [6.07, 6.45) is -4.55. The van der Waals surface area contributed by atoms with Crippen LogP contribution in [0.5, 0.6) is 0 Å². The molecule has 0 saturated carbocycles. The Morgan fingerprint density at radius 2 is 1.79 bits per heavy atom. The smallest absolute Gasteiger partial charge is 0.397 e. The van der Waals surface area contributed by atoms with Gasteiger partial charge in [0, 0.05) is 24.5 Å². The minimum absolute atomic E-state index is 0.0372. The van der Waals surface area contributed by atoms with Gasteiger partial charge < -0.3 is 10.3 Å². The van der Waals surface area contributed by atoms with Crippen molar-refractivity contribution in [3.05, 3.63) is 59.8 Å². The monoisotopic (exact) mass is 387 g/mol. The first-order chi connectivity index (χ1) is 13.2. The molecule has 144 valence electrons. The van der Waals surface area contributed by atoms with Crippen LogP contribution >= 0.6 is 0 Å². The fourth-order valence-corrected chi connectivity index (χ4v) is 3.60. The number of likely N-dealkylation sites (tertiary alicyclic amines) is 1. The number of nitrogen functional groups attached to an aromatic ring is 1. The second-order valence-corrected chi connectivity index (χ2v) is 6.78. The number of carbonyl (C=O) groups excluding carboxylic acids is 2. The molecule has 1 aliphatic rings. The number of amides is 2. The van der Waals surface area contributed by atoms with Crippen LogP contribution in [0.3, 0.4) is 0 Å². The van der Waals surface area contributed by atoms with Gasteiger partial charge in [-0.25, -0.2) is 0 Å². The van der Waals surface area contributed by atoms with E-state index in [-0.39, 0.29) is 23.8 Å². The first-order valence-electron chi connectivity index (χ1n) is 8.56. The quantitative estimate of drug-likeness (QED) is 0.539. The van der Waals surface area contributed by atoms with Crippen LogP contribution in [0.2, 0.25) is 0 Å². The number of alkyl halides is 3. The lowest BCUT2D eigenvalue weighted by Gasteiger charge is -2.17. The fraction of sp³-hybridized carbons (Fsp3) is 0.200. The Balaban J connectivity index is 2.02. The molecule has 1 saturated heterocycles. The zero-order valence-electron chi connectivity index (χ0n) is 14.8. The number of aromatic nitrogens is 1. The minimum Gasteiger partial charge on any atom is -0.397 e. The van der Waals surface area contributed by atoms with E-state index in [1.165, 1.54) is 13.1 Å². The molecule has 5 nitrogen and oxygen atoms in total. The largest absolute Gasteiger partial charge is 0.416 e. The van der Waals surface area contributed by atoms with Gasteiger partial charge in [0.25, 0.3) is 0 Å². The molecule has 4 rings (SSSR count).